The molecule has 0 radical (unpaired) electrons. The SMILES string of the molecule is COc1ccc(C(=O)N[C@@H](CC(C)C)C(=O)NCc2cccnc2)cc1. The molecule has 1 heterocycles. The number of hydrogen-bond donors (Lipinski definition) is 2. The zero-order valence-corrected chi connectivity index (χ0v) is 15.4. The third kappa shape index (κ3) is 5.88. The van der Waals surface area contributed by atoms with Crippen LogP contribution in [-0.2, 0) is 11.3 Å². The molecule has 0 fully saturated rings. The highest BCUT2D eigenvalue weighted by molar-refractivity contribution is 5.97. The summed E-state index contributed by atoms with van der Waals surface area (Å²) in [6.45, 7) is 4.40. The van der Waals surface area contributed by atoms with E-state index in [4.69, 9.17) is 4.74 Å². The fourth-order valence-electron chi connectivity index (χ4n) is 2.50. The monoisotopic (exact) mass is 355 g/mol. The Balaban J connectivity index is 2.00. The van der Waals surface area contributed by atoms with E-state index in [0.29, 0.717) is 24.3 Å². The van der Waals surface area contributed by atoms with Gasteiger partial charge in [0.2, 0.25) is 5.91 Å². The van der Waals surface area contributed by atoms with Crippen LogP contribution in [0.25, 0.3) is 0 Å². The van der Waals surface area contributed by atoms with Gasteiger partial charge in [-0.15, -0.1) is 0 Å². The summed E-state index contributed by atoms with van der Waals surface area (Å²) in [6, 6.07) is 9.90. The first kappa shape index (κ1) is 19.4. The third-order valence-corrected chi connectivity index (χ3v) is 3.87. The fraction of sp³-hybridized carbons (Fsp3) is 0.350. The van der Waals surface area contributed by atoms with E-state index >= 15 is 0 Å². The average molecular weight is 355 g/mol. The van der Waals surface area contributed by atoms with Gasteiger partial charge in [-0.1, -0.05) is 19.9 Å². The van der Waals surface area contributed by atoms with Crippen molar-refractivity contribution in [2.24, 2.45) is 5.92 Å². The van der Waals surface area contributed by atoms with Gasteiger partial charge in [-0.3, -0.25) is 14.6 Å². The molecule has 6 heteroatoms. The normalized spacial score (nSPS) is 11.7. The van der Waals surface area contributed by atoms with Crippen LogP contribution in [0.4, 0.5) is 0 Å². The van der Waals surface area contributed by atoms with E-state index in [1.54, 1.807) is 43.8 Å². The van der Waals surface area contributed by atoms with Gasteiger partial charge in [0.25, 0.3) is 5.91 Å². The molecule has 0 spiro atoms. The lowest BCUT2D eigenvalue weighted by molar-refractivity contribution is -0.123. The molecule has 1 aromatic heterocycles. The van der Waals surface area contributed by atoms with Crippen LogP contribution in [0.15, 0.2) is 48.8 Å². The minimum atomic E-state index is -0.596. The molecule has 0 aliphatic heterocycles. The second-order valence-corrected chi connectivity index (χ2v) is 6.46. The maximum atomic E-state index is 12.6. The van der Waals surface area contributed by atoms with Gasteiger partial charge in [0.1, 0.15) is 11.8 Å². The van der Waals surface area contributed by atoms with E-state index in [0.717, 1.165) is 5.56 Å². The maximum absolute atomic E-state index is 12.6. The van der Waals surface area contributed by atoms with Crippen LogP contribution >= 0.6 is 0 Å². The van der Waals surface area contributed by atoms with Crippen LogP contribution in [0, 0.1) is 5.92 Å². The molecule has 0 unspecified atom stereocenters. The fourth-order valence-corrected chi connectivity index (χ4v) is 2.50. The number of carbonyl (C=O) groups is 2. The second-order valence-electron chi connectivity index (χ2n) is 6.46. The van der Waals surface area contributed by atoms with E-state index in [-0.39, 0.29) is 17.7 Å². The summed E-state index contributed by atoms with van der Waals surface area (Å²) in [7, 11) is 1.57. The summed E-state index contributed by atoms with van der Waals surface area (Å²) in [5, 5.41) is 5.70. The van der Waals surface area contributed by atoms with Crippen LogP contribution in [0.3, 0.4) is 0 Å². The summed E-state index contributed by atoms with van der Waals surface area (Å²) in [6.07, 6.45) is 3.94. The van der Waals surface area contributed by atoms with Crippen molar-refractivity contribution in [3.63, 3.8) is 0 Å². The lowest BCUT2D eigenvalue weighted by Gasteiger charge is -2.20. The predicted octanol–water partition coefficient (Wildman–Crippen LogP) is 2.55. The molecular formula is C20H25N3O3. The van der Waals surface area contributed by atoms with Crippen molar-refractivity contribution in [2.75, 3.05) is 7.11 Å². The molecule has 0 saturated heterocycles. The van der Waals surface area contributed by atoms with Crippen LogP contribution in [0.2, 0.25) is 0 Å². The Morgan fingerprint density at radius 2 is 1.88 bits per heavy atom. The van der Waals surface area contributed by atoms with E-state index in [1.165, 1.54) is 0 Å². The first-order valence-electron chi connectivity index (χ1n) is 8.61. The Kier molecular flexibility index (Phi) is 7.14. The molecule has 2 rings (SSSR count). The maximum Gasteiger partial charge on any atom is 0.251 e. The second kappa shape index (κ2) is 9.56. The van der Waals surface area contributed by atoms with Crippen LogP contribution in [0.1, 0.15) is 36.2 Å². The standard InChI is InChI=1S/C20H25N3O3/c1-14(2)11-18(20(25)22-13-15-5-4-10-21-12-15)23-19(24)16-6-8-17(26-3)9-7-16/h4-10,12,14,18H,11,13H2,1-3H3,(H,22,25)(H,23,24)/t18-/m0/s1. The van der Waals surface area contributed by atoms with E-state index < -0.39 is 6.04 Å². The highest BCUT2D eigenvalue weighted by atomic mass is 16.5. The van der Waals surface area contributed by atoms with Gasteiger partial charge in [0.05, 0.1) is 7.11 Å². The number of carbonyl (C=O) groups excluding carboxylic acids is 2. The summed E-state index contributed by atoms with van der Waals surface area (Å²) in [5.41, 5.74) is 1.39. The predicted molar refractivity (Wildman–Crippen MR) is 99.8 cm³/mol. The highest BCUT2D eigenvalue weighted by Gasteiger charge is 2.22. The number of hydrogen-bond acceptors (Lipinski definition) is 4. The van der Waals surface area contributed by atoms with E-state index in [9.17, 15) is 9.59 Å². The molecule has 26 heavy (non-hydrogen) atoms. The Bertz CT molecular complexity index is 715. The topological polar surface area (TPSA) is 80.3 Å². The number of ether oxygens (including phenoxy) is 1. The van der Waals surface area contributed by atoms with Gasteiger partial charge in [0.15, 0.2) is 0 Å². The Hall–Kier alpha value is -2.89. The molecule has 6 nitrogen and oxygen atoms in total. The number of rotatable bonds is 8. The molecule has 0 bridgehead atoms. The number of amides is 2. The number of nitrogens with one attached hydrogen (secondary N) is 2. The average Bonchev–Trinajstić information content (AvgIpc) is 2.66. The Labute approximate surface area is 154 Å². The zero-order valence-electron chi connectivity index (χ0n) is 15.4. The number of nitrogens with zero attached hydrogens (tertiary/aromatic N) is 1. The third-order valence-electron chi connectivity index (χ3n) is 3.87. The Morgan fingerprint density at radius 3 is 2.46 bits per heavy atom. The molecule has 138 valence electrons. The molecule has 1 aromatic carbocycles. The van der Waals surface area contributed by atoms with E-state index in [1.807, 2.05) is 26.0 Å². The number of aromatic nitrogens is 1. The van der Waals surface area contributed by atoms with Gasteiger partial charge in [-0.2, -0.15) is 0 Å². The molecular weight excluding hydrogens is 330 g/mol. The molecule has 0 saturated carbocycles. The molecule has 2 amide bonds. The minimum absolute atomic E-state index is 0.204. The van der Waals surface area contributed by atoms with Crippen molar-refractivity contribution >= 4 is 11.8 Å². The molecule has 2 N–H and O–H groups in total. The Morgan fingerprint density at radius 1 is 1.15 bits per heavy atom. The van der Waals surface area contributed by atoms with Crippen molar-refractivity contribution in [3.05, 3.63) is 59.9 Å². The molecule has 0 aliphatic carbocycles. The van der Waals surface area contributed by atoms with Crippen LogP contribution in [0.5, 0.6) is 5.75 Å². The lowest BCUT2D eigenvalue weighted by atomic mass is 10.0. The van der Waals surface area contributed by atoms with Crippen molar-refractivity contribution in [1.29, 1.82) is 0 Å². The van der Waals surface area contributed by atoms with Gasteiger partial charge >= 0.3 is 0 Å². The molecule has 1 atom stereocenters. The zero-order chi connectivity index (χ0) is 18.9. The smallest absolute Gasteiger partial charge is 0.251 e. The largest absolute Gasteiger partial charge is 0.497 e. The number of methoxy groups -OCH3 is 1. The summed E-state index contributed by atoms with van der Waals surface area (Å²) < 4.78 is 5.09. The van der Waals surface area contributed by atoms with Crippen molar-refractivity contribution in [1.82, 2.24) is 15.6 Å². The molecule has 2 aromatic rings. The first-order chi connectivity index (χ1) is 12.5. The van der Waals surface area contributed by atoms with Gasteiger partial charge in [-0.05, 0) is 48.2 Å². The number of benzene rings is 1. The summed E-state index contributed by atoms with van der Waals surface area (Å²) >= 11 is 0. The molecule has 0 aliphatic rings. The minimum Gasteiger partial charge on any atom is -0.497 e. The highest BCUT2D eigenvalue weighted by Crippen LogP contribution is 2.12. The van der Waals surface area contributed by atoms with E-state index in [2.05, 4.69) is 15.6 Å². The summed E-state index contributed by atoms with van der Waals surface area (Å²) in [4.78, 5) is 29.1. The summed E-state index contributed by atoms with van der Waals surface area (Å²) in [5.74, 6) is 0.453. The van der Waals surface area contributed by atoms with Crippen molar-refractivity contribution < 1.29 is 14.3 Å². The first-order valence-corrected chi connectivity index (χ1v) is 8.61. The van der Waals surface area contributed by atoms with Crippen molar-refractivity contribution in [3.8, 4) is 5.75 Å². The van der Waals surface area contributed by atoms with Crippen LogP contribution in [-0.4, -0.2) is 29.9 Å². The quantitative estimate of drug-likeness (QED) is 0.763. The number of pyridine rings is 1. The lowest BCUT2D eigenvalue weighted by Crippen LogP contribution is -2.47. The van der Waals surface area contributed by atoms with Crippen LogP contribution < -0.4 is 15.4 Å². The van der Waals surface area contributed by atoms with Gasteiger partial charge in [0, 0.05) is 24.5 Å². The van der Waals surface area contributed by atoms with Crippen molar-refractivity contribution in [2.45, 2.75) is 32.9 Å². The van der Waals surface area contributed by atoms with Gasteiger partial charge < -0.3 is 15.4 Å². The van der Waals surface area contributed by atoms with Gasteiger partial charge in [-0.25, -0.2) is 0 Å².